The first-order valence-electron chi connectivity index (χ1n) is 12.8. The van der Waals surface area contributed by atoms with Crippen molar-refractivity contribution in [3.05, 3.63) is 133 Å². The van der Waals surface area contributed by atoms with E-state index in [2.05, 4.69) is 37.7 Å². The van der Waals surface area contributed by atoms with Crippen LogP contribution in [0.2, 0.25) is 0 Å². The minimum atomic E-state index is -0.142. The van der Waals surface area contributed by atoms with Gasteiger partial charge in [-0.1, -0.05) is 36.4 Å². The molecule has 3 aromatic heterocycles. The largest absolute Gasteiger partial charge is 0.361 e. The smallest absolute Gasteiger partial charge is 0.251 e. The van der Waals surface area contributed by atoms with Crippen LogP contribution in [0, 0.1) is 11.3 Å². The third kappa shape index (κ3) is 5.15. The Morgan fingerprint density at radius 2 is 1.73 bits per heavy atom. The van der Waals surface area contributed by atoms with Gasteiger partial charge in [-0.3, -0.25) is 14.8 Å². The van der Waals surface area contributed by atoms with Gasteiger partial charge in [-0.15, -0.1) is 0 Å². The highest BCUT2D eigenvalue weighted by Gasteiger charge is 2.13. The van der Waals surface area contributed by atoms with Crippen molar-refractivity contribution in [2.24, 2.45) is 0 Å². The monoisotopic (exact) mass is 520 g/mol. The average molecular weight is 521 g/mol. The van der Waals surface area contributed by atoms with E-state index in [0.29, 0.717) is 23.4 Å². The lowest BCUT2D eigenvalue weighted by Gasteiger charge is -2.15. The summed E-state index contributed by atoms with van der Waals surface area (Å²) in [5.41, 5.74) is 8.31. The van der Waals surface area contributed by atoms with Crippen LogP contribution in [0.15, 0.2) is 116 Å². The van der Waals surface area contributed by atoms with Crippen LogP contribution in [0.4, 0.5) is 11.4 Å². The fourth-order valence-electron chi connectivity index (χ4n) is 4.64. The molecule has 3 aromatic carbocycles. The third-order valence-electron chi connectivity index (χ3n) is 6.72. The summed E-state index contributed by atoms with van der Waals surface area (Å²) in [5.74, 6) is -0.142. The molecule has 0 aliphatic heterocycles. The first-order chi connectivity index (χ1) is 19.7. The zero-order valence-corrected chi connectivity index (χ0v) is 21.4. The SMILES string of the molecule is N#Cc1cncc(-c2cccc(-c3ccc(C(=O)NCc4cccnc4)cc3)c2)c1Nc1ccc2[nH]ccc2c1. The van der Waals surface area contributed by atoms with E-state index in [-0.39, 0.29) is 5.91 Å². The summed E-state index contributed by atoms with van der Waals surface area (Å²) >= 11 is 0. The summed E-state index contributed by atoms with van der Waals surface area (Å²) < 4.78 is 0. The molecular formula is C33H24N6O. The molecule has 0 fully saturated rings. The fourth-order valence-corrected chi connectivity index (χ4v) is 4.64. The number of aromatic nitrogens is 3. The van der Waals surface area contributed by atoms with Gasteiger partial charge in [0.2, 0.25) is 0 Å². The molecule has 6 rings (SSSR count). The first-order valence-corrected chi connectivity index (χ1v) is 12.8. The highest BCUT2D eigenvalue weighted by atomic mass is 16.1. The van der Waals surface area contributed by atoms with Gasteiger partial charge in [0.25, 0.3) is 5.91 Å². The van der Waals surface area contributed by atoms with Crippen LogP contribution >= 0.6 is 0 Å². The minimum absolute atomic E-state index is 0.142. The van der Waals surface area contributed by atoms with Crippen LogP contribution in [0.1, 0.15) is 21.5 Å². The molecule has 6 aromatic rings. The van der Waals surface area contributed by atoms with Crippen LogP contribution < -0.4 is 10.6 Å². The van der Waals surface area contributed by atoms with Gasteiger partial charge in [0, 0.05) is 65.2 Å². The van der Waals surface area contributed by atoms with Crippen molar-refractivity contribution >= 4 is 28.2 Å². The van der Waals surface area contributed by atoms with E-state index >= 15 is 0 Å². The van der Waals surface area contributed by atoms with Crippen molar-refractivity contribution in [3.63, 3.8) is 0 Å². The minimum Gasteiger partial charge on any atom is -0.361 e. The maximum atomic E-state index is 12.6. The number of rotatable bonds is 7. The molecule has 0 radical (unpaired) electrons. The van der Waals surface area contributed by atoms with E-state index in [1.807, 2.05) is 85.1 Å². The highest BCUT2D eigenvalue weighted by molar-refractivity contribution is 5.95. The standard InChI is InChI=1S/C33H24N6O/c34-17-28-20-36-21-30(32(28)39-29-10-11-31-27(16-29)12-14-37-31)26-5-1-4-25(15-26)23-6-8-24(9-7-23)33(40)38-19-22-3-2-13-35-18-22/h1-16,18,20-21,37H,19H2,(H,36,39)(H,38,40). The molecule has 0 saturated carbocycles. The molecule has 0 atom stereocenters. The van der Waals surface area contributed by atoms with Gasteiger partial charge in [0.15, 0.2) is 0 Å². The molecular weight excluding hydrogens is 496 g/mol. The van der Waals surface area contributed by atoms with Gasteiger partial charge in [-0.25, -0.2) is 0 Å². The molecule has 0 saturated heterocycles. The number of fused-ring (bicyclic) bond motifs is 1. The first kappa shape index (κ1) is 24.6. The van der Waals surface area contributed by atoms with Crippen LogP contribution in [-0.2, 0) is 6.54 Å². The number of nitriles is 1. The van der Waals surface area contributed by atoms with Crippen molar-refractivity contribution in [2.75, 3.05) is 5.32 Å². The van der Waals surface area contributed by atoms with Crippen LogP contribution in [0.25, 0.3) is 33.2 Å². The van der Waals surface area contributed by atoms with Crippen molar-refractivity contribution in [3.8, 4) is 28.3 Å². The Kier molecular flexibility index (Phi) is 6.72. The number of nitrogens with one attached hydrogen (secondary N) is 3. The van der Waals surface area contributed by atoms with Crippen molar-refractivity contribution in [1.29, 1.82) is 5.26 Å². The zero-order chi connectivity index (χ0) is 27.3. The summed E-state index contributed by atoms with van der Waals surface area (Å²) in [4.78, 5) is 24.2. The third-order valence-corrected chi connectivity index (χ3v) is 6.72. The number of carbonyl (C=O) groups is 1. The molecule has 7 nitrogen and oxygen atoms in total. The predicted molar refractivity (Wildman–Crippen MR) is 157 cm³/mol. The normalized spacial score (nSPS) is 10.7. The van der Waals surface area contributed by atoms with Crippen molar-refractivity contribution in [1.82, 2.24) is 20.3 Å². The second-order valence-corrected chi connectivity index (χ2v) is 9.33. The van der Waals surface area contributed by atoms with Gasteiger partial charge in [-0.05, 0) is 70.8 Å². The molecule has 0 unspecified atom stereocenters. The van der Waals surface area contributed by atoms with Crippen LogP contribution in [0.5, 0.6) is 0 Å². The van der Waals surface area contributed by atoms with Gasteiger partial charge < -0.3 is 15.6 Å². The molecule has 1 amide bonds. The molecule has 192 valence electrons. The number of hydrogen-bond acceptors (Lipinski definition) is 5. The zero-order valence-electron chi connectivity index (χ0n) is 21.4. The highest BCUT2D eigenvalue weighted by Crippen LogP contribution is 2.35. The second-order valence-electron chi connectivity index (χ2n) is 9.33. The molecule has 0 spiro atoms. The lowest BCUT2D eigenvalue weighted by Crippen LogP contribution is -2.22. The average Bonchev–Trinajstić information content (AvgIpc) is 3.49. The van der Waals surface area contributed by atoms with Crippen LogP contribution in [0.3, 0.4) is 0 Å². The number of aromatic amines is 1. The number of anilines is 2. The number of nitrogens with zero attached hydrogens (tertiary/aromatic N) is 3. The number of pyridine rings is 2. The predicted octanol–water partition coefficient (Wildman–Crippen LogP) is 6.84. The Morgan fingerprint density at radius 1 is 0.850 bits per heavy atom. The number of carbonyl (C=O) groups excluding carboxylic acids is 1. The Balaban J connectivity index is 1.26. The van der Waals surface area contributed by atoms with E-state index in [1.54, 1.807) is 24.8 Å². The molecule has 3 N–H and O–H groups in total. The maximum Gasteiger partial charge on any atom is 0.251 e. The summed E-state index contributed by atoms with van der Waals surface area (Å²) in [6.45, 7) is 0.418. The molecule has 3 heterocycles. The van der Waals surface area contributed by atoms with E-state index in [4.69, 9.17) is 0 Å². The second kappa shape index (κ2) is 10.9. The van der Waals surface area contributed by atoms with Crippen molar-refractivity contribution in [2.45, 2.75) is 6.54 Å². The Labute approximate surface area is 231 Å². The van der Waals surface area contributed by atoms with Gasteiger partial charge in [0.1, 0.15) is 6.07 Å². The molecule has 0 aliphatic rings. The lowest BCUT2D eigenvalue weighted by atomic mass is 9.97. The number of benzene rings is 3. The molecule has 40 heavy (non-hydrogen) atoms. The maximum absolute atomic E-state index is 12.6. The van der Waals surface area contributed by atoms with Gasteiger partial charge >= 0.3 is 0 Å². The van der Waals surface area contributed by atoms with Crippen LogP contribution in [-0.4, -0.2) is 20.9 Å². The summed E-state index contributed by atoms with van der Waals surface area (Å²) in [6.07, 6.45) is 8.69. The molecule has 0 aliphatic carbocycles. The van der Waals surface area contributed by atoms with E-state index in [0.717, 1.165) is 44.4 Å². The van der Waals surface area contributed by atoms with E-state index in [1.165, 1.54) is 0 Å². The number of hydrogen-bond donors (Lipinski definition) is 3. The fraction of sp³-hybridized carbons (Fsp3) is 0.0303. The number of amides is 1. The van der Waals surface area contributed by atoms with Gasteiger partial charge in [0.05, 0.1) is 11.3 Å². The summed E-state index contributed by atoms with van der Waals surface area (Å²) in [7, 11) is 0. The summed E-state index contributed by atoms with van der Waals surface area (Å²) in [5, 5.41) is 17.3. The number of H-pyrrole nitrogens is 1. The topological polar surface area (TPSA) is 106 Å². The summed E-state index contributed by atoms with van der Waals surface area (Å²) in [6, 6.07) is 29.7. The van der Waals surface area contributed by atoms with E-state index < -0.39 is 0 Å². The Bertz CT molecular complexity index is 1850. The lowest BCUT2D eigenvalue weighted by molar-refractivity contribution is 0.0951. The Morgan fingerprint density at radius 3 is 2.55 bits per heavy atom. The quantitative estimate of drug-likeness (QED) is 0.214. The Hall–Kier alpha value is -5.74. The molecule has 0 bridgehead atoms. The van der Waals surface area contributed by atoms with Crippen molar-refractivity contribution < 1.29 is 4.79 Å². The molecule has 7 heteroatoms. The van der Waals surface area contributed by atoms with E-state index in [9.17, 15) is 10.1 Å². The van der Waals surface area contributed by atoms with Gasteiger partial charge in [-0.2, -0.15) is 5.26 Å².